The van der Waals surface area contributed by atoms with E-state index in [1.807, 2.05) is 6.07 Å². The first-order chi connectivity index (χ1) is 7.83. The number of rotatable bonds is 3. The second-order valence-corrected chi connectivity index (χ2v) is 3.68. The van der Waals surface area contributed by atoms with E-state index in [0.717, 1.165) is 0 Å². The van der Waals surface area contributed by atoms with E-state index in [1.54, 1.807) is 19.9 Å². The molecular weight excluding hydrogens is 231 g/mol. The lowest BCUT2D eigenvalue weighted by atomic mass is 10.1. The van der Waals surface area contributed by atoms with E-state index >= 15 is 0 Å². The summed E-state index contributed by atoms with van der Waals surface area (Å²) in [6.07, 6.45) is -5.13. The lowest BCUT2D eigenvalue weighted by Gasteiger charge is -2.11. The molecule has 1 heterocycles. The van der Waals surface area contributed by atoms with E-state index in [4.69, 9.17) is 5.26 Å². The summed E-state index contributed by atoms with van der Waals surface area (Å²) in [7, 11) is 0. The fourth-order valence-electron chi connectivity index (χ4n) is 1.45. The molecular formula is C11H12F3N3. The molecule has 0 aliphatic rings. The average molecular weight is 243 g/mol. The summed E-state index contributed by atoms with van der Waals surface area (Å²) in [4.78, 5) is 4.08. The van der Waals surface area contributed by atoms with Gasteiger partial charge in [-0.3, -0.25) is 4.98 Å². The standard InChI is InChI=1S/C11H12F3N3/c1-7-5-10(9(6-15)8(2)17-7)16-4-3-11(12,13)14/h5H,3-4H2,1-2H3,(H,16,17). The lowest BCUT2D eigenvalue weighted by molar-refractivity contribution is -0.131. The van der Waals surface area contributed by atoms with Gasteiger partial charge < -0.3 is 5.32 Å². The molecule has 1 N–H and O–H groups in total. The fourth-order valence-corrected chi connectivity index (χ4v) is 1.45. The summed E-state index contributed by atoms with van der Waals surface area (Å²) in [5.74, 6) is 0. The van der Waals surface area contributed by atoms with Gasteiger partial charge in [0.2, 0.25) is 0 Å². The van der Waals surface area contributed by atoms with Crippen molar-refractivity contribution in [3.05, 3.63) is 23.0 Å². The van der Waals surface area contributed by atoms with Gasteiger partial charge in [-0.25, -0.2) is 0 Å². The summed E-state index contributed by atoms with van der Waals surface area (Å²) < 4.78 is 35.9. The second-order valence-electron chi connectivity index (χ2n) is 3.68. The Hall–Kier alpha value is -1.77. The minimum atomic E-state index is -4.20. The number of hydrogen-bond acceptors (Lipinski definition) is 3. The zero-order valence-electron chi connectivity index (χ0n) is 9.52. The smallest absolute Gasteiger partial charge is 0.384 e. The van der Waals surface area contributed by atoms with Crippen LogP contribution < -0.4 is 5.32 Å². The van der Waals surface area contributed by atoms with Crippen LogP contribution in [0.5, 0.6) is 0 Å². The largest absolute Gasteiger partial charge is 0.390 e. The first-order valence-electron chi connectivity index (χ1n) is 5.02. The van der Waals surface area contributed by atoms with Crippen molar-refractivity contribution >= 4 is 5.69 Å². The van der Waals surface area contributed by atoms with Crippen molar-refractivity contribution in [2.24, 2.45) is 0 Å². The Morgan fingerprint density at radius 2 is 2.06 bits per heavy atom. The van der Waals surface area contributed by atoms with Gasteiger partial charge in [0.15, 0.2) is 0 Å². The predicted molar refractivity (Wildman–Crippen MR) is 57.6 cm³/mol. The molecule has 0 aromatic carbocycles. The van der Waals surface area contributed by atoms with Gasteiger partial charge in [-0.05, 0) is 19.9 Å². The zero-order chi connectivity index (χ0) is 13.1. The molecule has 0 aliphatic heterocycles. The highest BCUT2D eigenvalue weighted by Gasteiger charge is 2.26. The van der Waals surface area contributed by atoms with E-state index in [-0.39, 0.29) is 12.1 Å². The van der Waals surface area contributed by atoms with Crippen molar-refractivity contribution < 1.29 is 13.2 Å². The van der Waals surface area contributed by atoms with Gasteiger partial charge in [0.25, 0.3) is 0 Å². The van der Waals surface area contributed by atoms with Crippen LogP contribution in [-0.4, -0.2) is 17.7 Å². The van der Waals surface area contributed by atoms with Gasteiger partial charge in [-0.2, -0.15) is 18.4 Å². The highest BCUT2D eigenvalue weighted by Crippen LogP contribution is 2.22. The molecule has 0 spiro atoms. The third-order valence-corrected chi connectivity index (χ3v) is 2.16. The summed E-state index contributed by atoms with van der Waals surface area (Å²) in [6.45, 7) is 3.13. The van der Waals surface area contributed by atoms with Gasteiger partial charge in [-0.1, -0.05) is 0 Å². The number of alkyl halides is 3. The van der Waals surface area contributed by atoms with Gasteiger partial charge in [0, 0.05) is 12.2 Å². The van der Waals surface area contributed by atoms with Crippen LogP contribution >= 0.6 is 0 Å². The molecule has 0 amide bonds. The Labute approximate surface area is 97.3 Å². The Morgan fingerprint density at radius 3 is 2.59 bits per heavy atom. The summed E-state index contributed by atoms with van der Waals surface area (Å²) >= 11 is 0. The van der Waals surface area contributed by atoms with Crippen LogP contribution in [0.2, 0.25) is 0 Å². The van der Waals surface area contributed by atoms with Crippen LogP contribution in [-0.2, 0) is 0 Å². The molecule has 1 aromatic heterocycles. The quantitative estimate of drug-likeness (QED) is 0.887. The zero-order valence-corrected chi connectivity index (χ0v) is 9.52. The van der Waals surface area contributed by atoms with Crippen LogP contribution in [0.25, 0.3) is 0 Å². The number of aromatic nitrogens is 1. The minimum absolute atomic E-state index is 0.249. The summed E-state index contributed by atoms with van der Waals surface area (Å²) in [6, 6.07) is 3.50. The molecule has 17 heavy (non-hydrogen) atoms. The molecule has 0 saturated carbocycles. The van der Waals surface area contributed by atoms with Crippen LogP contribution in [0, 0.1) is 25.2 Å². The maximum Gasteiger partial charge on any atom is 0.390 e. The molecule has 92 valence electrons. The molecule has 1 rings (SSSR count). The number of pyridine rings is 1. The Kier molecular flexibility index (Phi) is 3.94. The third-order valence-electron chi connectivity index (χ3n) is 2.16. The van der Waals surface area contributed by atoms with Crippen molar-refractivity contribution in [2.45, 2.75) is 26.4 Å². The topological polar surface area (TPSA) is 48.7 Å². The molecule has 1 aromatic rings. The van der Waals surface area contributed by atoms with Crippen molar-refractivity contribution in [1.29, 1.82) is 5.26 Å². The summed E-state index contributed by atoms with van der Waals surface area (Å²) in [5.41, 5.74) is 1.87. The van der Waals surface area contributed by atoms with Gasteiger partial charge in [0.05, 0.1) is 23.4 Å². The number of hydrogen-bond donors (Lipinski definition) is 1. The SMILES string of the molecule is Cc1cc(NCCC(F)(F)F)c(C#N)c(C)n1. The number of halogens is 3. The molecule has 0 atom stereocenters. The molecule has 6 heteroatoms. The molecule has 3 nitrogen and oxygen atoms in total. The number of aryl methyl sites for hydroxylation is 2. The maximum atomic E-state index is 12.0. The summed E-state index contributed by atoms with van der Waals surface area (Å²) in [5, 5.41) is 11.5. The van der Waals surface area contributed by atoms with Crippen LogP contribution in [0.4, 0.5) is 18.9 Å². The Balaban J connectivity index is 2.81. The van der Waals surface area contributed by atoms with Crippen LogP contribution in [0.15, 0.2) is 6.07 Å². The first-order valence-corrected chi connectivity index (χ1v) is 5.02. The van der Waals surface area contributed by atoms with Crippen LogP contribution in [0.3, 0.4) is 0 Å². The van der Waals surface area contributed by atoms with Crippen molar-refractivity contribution in [1.82, 2.24) is 4.98 Å². The monoisotopic (exact) mass is 243 g/mol. The molecule has 0 saturated heterocycles. The van der Waals surface area contributed by atoms with E-state index in [9.17, 15) is 13.2 Å². The van der Waals surface area contributed by atoms with E-state index in [1.165, 1.54) is 0 Å². The maximum absolute atomic E-state index is 12.0. The predicted octanol–water partition coefficient (Wildman–Crippen LogP) is 2.93. The van der Waals surface area contributed by atoms with E-state index in [0.29, 0.717) is 17.1 Å². The molecule has 0 aliphatic carbocycles. The van der Waals surface area contributed by atoms with Crippen LogP contribution in [0.1, 0.15) is 23.4 Å². The number of nitrogens with one attached hydrogen (secondary N) is 1. The minimum Gasteiger partial charge on any atom is -0.384 e. The molecule has 0 fully saturated rings. The molecule has 0 bridgehead atoms. The highest BCUT2D eigenvalue weighted by atomic mass is 19.4. The van der Waals surface area contributed by atoms with Gasteiger partial charge in [-0.15, -0.1) is 0 Å². The number of anilines is 1. The van der Waals surface area contributed by atoms with Gasteiger partial charge in [0.1, 0.15) is 6.07 Å². The van der Waals surface area contributed by atoms with Crippen molar-refractivity contribution in [3.63, 3.8) is 0 Å². The van der Waals surface area contributed by atoms with Gasteiger partial charge >= 0.3 is 6.18 Å². The molecule has 0 radical (unpaired) electrons. The Bertz CT molecular complexity index is 447. The van der Waals surface area contributed by atoms with Crippen molar-refractivity contribution in [2.75, 3.05) is 11.9 Å². The average Bonchev–Trinajstić information content (AvgIpc) is 2.14. The van der Waals surface area contributed by atoms with E-state index in [2.05, 4.69) is 10.3 Å². The van der Waals surface area contributed by atoms with E-state index < -0.39 is 12.6 Å². The molecule has 0 unspecified atom stereocenters. The third kappa shape index (κ3) is 3.94. The normalized spacial score (nSPS) is 11.1. The lowest BCUT2D eigenvalue weighted by Crippen LogP contribution is -2.15. The Morgan fingerprint density at radius 1 is 1.41 bits per heavy atom. The number of nitrogens with zero attached hydrogens (tertiary/aromatic N) is 2. The second kappa shape index (κ2) is 5.04. The fraction of sp³-hybridized carbons (Fsp3) is 0.455. The van der Waals surface area contributed by atoms with Crippen molar-refractivity contribution in [3.8, 4) is 6.07 Å². The highest BCUT2D eigenvalue weighted by molar-refractivity contribution is 5.59. The first kappa shape index (κ1) is 13.3. The number of nitriles is 1.